The molecule has 1 heterocycles. The molecule has 1 N–H and O–H groups in total. The molecule has 5 heteroatoms. The third kappa shape index (κ3) is 2.18. The highest BCUT2D eigenvalue weighted by Crippen LogP contribution is 2.33. The number of hydrogen-bond acceptors (Lipinski definition) is 3. The first-order valence-corrected chi connectivity index (χ1v) is 7.27. The summed E-state index contributed by atoms with van der Waals surface area (Å²) in [7, 11) is 0. The third-order valence-electron chi connectivity index (χ3n) is 3.89. The minimum atomic E-state index is -0.706. The number of aromatic nitrogens is 1. The molecule has 0 spiro atoms. The zero-order chi connectivity index (χ0) is 13.4. The maximum Gasteiger partial charge on any atom is 0.306 e. The highest BCUT2D eigenvalue weighted by atomic mass is 32.1. The van der Waals surface area contributed by atoms with Crippen molar-refractivity contribution >= 4 is 27.6 Å². The fourth-order valence-electron chi connectivity index (χ4n) is 2.79. The van der Waals surface area contributed by atoms with Crippen LogP contribution in [0.15, 0.2) is 29.1 Å². The Bertz CT molecular complexity index is 665. The molecule has 1 saturated carbocycles. The molecule has 19 heavy (non-hydrogen) atoms. The van der Waals surface area contributed by atoms with Crippen LogP contribution in [0.25, 0.3) is 10.1 Å². The Balaban J connectivity index is 1.88. The van der Waals surface area contributed by atoms with Crippen LogP contribution in [0.3, 0.4) is 0 Å². The largest absolute Gasteiger partial charge is 0.481 e. The Kier molecular flexibility index (Phi) is 3.14. The predicted octanol–water partition coefficient (Wildman–Crippen LogP) is 2.88. The number of carboxylic acids is 1. The zero-order valence-electron chi connectivity index (χ0n) is 10.4. The number of fused-ring (bicyclic) bond motifs is 1. The van der Waals surface area contributed by atoms with Gasteiger partial charge in [0.15, 0.2) is 0 Å². The van der Waals surface area contributed by atoms with Crippen molar-refractivity contribution in [3.05, 3.63) is 34.6 Å². The molecule has 0 amide bonds. The van der Waals surface area contributed by atoms with Gasteiger partial charge in [-0.15, -0.1) is 0 Å². The standard InChI is InChI=1S/C14H15NO3S/c16-13-11-3-1-2-4-12(11)19-15(13)10-7-5-9(6-8-10)14(17)18/h1-4,9-10H,5-8H2,(H,17,18). The van der Waals surface area contributed by atoms with Gasteiger partial charge in [0.2, 0.25) is 0 Å². The molecule has 0 saturated heterocycles. The van der Waals surface area contributed by atoms with Crippen molar-refractivity contribution in [2.24, 2.45) is 5.92 Å². The third-order valence-corrected chi connectivity index (χ3v) is 5.11. The lowest BCUT2D eigenvalue weighted by Gasteiger charge is -2.25. The Morgan fingerprint density at radius 1 is 1.21 bits per heavy atom. The van der Waals surface area contributed by atoms with Crippen LogP contribution >= 0.6 is 11.5 Å². The molecule has 2 aromatic rings. The Morgan fingerprint density at radius 3 is 2.53 bits per heavy atom. The molecule has 1 aliphatic rings. The van der Waals surface area contributed by atoms with Gasteiger partial charge in [0.1, 0.15) is 0 Å². The normalized spacial score (nSPS) is 23.6. The van der Waals surface area contributed by atoms with Crippen LogP contribution in [0.4, 0.5) is 0 Å². The summed E-state index contributed by atoms with van der Waals surface area (Å²) in [6.45, 7) is 0. The molecule has 4 nitrogen and oxygen atoms in total. The van der Waals surface area contributed by atoms with E-state index in [-0.39, 0.29) is 17.5 Å². The van der Waals surface area contributed by atoms with Crippen molar-refractivity contribution < 1.29 is 9.90 Å². The second-order valence-electron chi connectivity index (χ2n) is 5.06. The fourth-order valence-corrected chi connectivity index (χ4v) is 3.93. The van der Waals surface area contributed by atoms with E-state index in [1.165, 1.54) is 11.5 Å². The highest BCUT2D eigenvalue weighted by molar-refractivity contribution is 7.13. The number of carbonyl (C=O) groups is 1. The van der Waals surface area contributed by atoms with Crippen LogP contribution in [-0.2, 0) is 4.79 Å². The molecule has 0 radical (unpaired) electrons. The van der Waals surface area contributed by atoms with Crippen molar-refractivity contribution in [1.82, 2.24) is 3.96 Å². The van der Waals surface area contributed by atoms with Gasteiger partial charge in [0, 0.05) is 6.04 Å². The number of benzene rings is 1. The van der Waals surface area contributed by atoms with Crippen LogP contribution in [-0.4, -0.2) is 15.0 Å². The summed E-state index contributed by atoms with van der Waals surface area (Å²) in [4.78, 5) is 23.2. The van der Waals surface area contributed by atoms with E-state index in [0.717, 1.165) is 22.9 Å². The van der Waals surface area contributed by atoms with Crippen LogP contribution in [0.2, 0.25) is 0 Å². The van der Waals surface area contributed by atoms with Gasteiger partial charge in [-0.25, -0.2) is 0 Å². The first-order chi connectivity index (χ1) is 9.16. The SMILES string of the molecule is O=C(O)C1CCC(n2sc3ccccc3c2=O)CC1. The molecule has 1 aliphatic carbocycles. The van der Waals surface area contributed by atoms with Gasteiger partial charge in [0.25, 0.3) is 5.56 Å². The molecule has 0 bridgehead atoms. The van der Waals surface area contributed by atoms with E-state index in [0.29, 0.717) is 12.8 Å². The quantitative estimate of drug-likeness (QED) is 0.918. The van der Waals surface area contributed by atoms with Gasteiger partial charge >= 0.3 is 5.97 Å². The van der Waals surface area contributed by atoms with Gasteiger partial charge in [-0.05, 0) is 37.8 Å². The van der Waals surface area contributed by atoms with E-state index in [4.69, 9.17) is 5.11 Å². The minimum Gasteiger partial charge on any atom is -0.481 e. The fraction of sp³-hybridized carbons (Fsp3) is 0.429. The molecule has 0 aliphatic heterocycles. The van der Waals surface area contributed by atoms with Crippen LogP contribution in [0.1, 0.15) is 31.7 Å². The number of hydrogen-bond donors (Lipinski definition) is 1. The van der Waals surface area contributed by atoms with E-state index in [1.807, 2.05) is 28.2 Å². The molecule has 1 aromatic carbocycles. The summed E-state index contributed by atoms with van der Waals surface area (Å²) in [6.07, 6.45) is 2.90. The van der Waals surface area contributed by atoms with E-state index in [9.17, 15) is 9.59 Å². The lowest BCUT2D eigenvalue weighted by Crippen LogP contribution is -2.26. The van der Waals surface area contributed by atoms with Crippen LogP contribution < -0.4 is 5.56 Å². The number of nitrogens with zero attached hydrogens (tertiary/aromatic N) is 1. The average molecular weight is 277 g/mol. The second-order valence-corrected chi connectivity index (χ2v) is 6.08. The smallest absolute Gasteiger partial charge is 0.306 e. The molecule has 100 valence electrons. The summed E-state index contributed by atoms with van der Waals surface area (Å²) in [5, 5.41) is 9.77. The summed E-state index contributed by atoms with van der Waals surface area (Å²) in [5.41, 5.74) is 0.0689. The van der Waals surface area contributed by atoms with E-state index < -0.39 is 5.97 Å². The maximum atomic E-state index is 12.3. The first kappa shape index (κ1) is 12.4. The lowest BCUT2D eigenvalue weighted by atomic mass is 9.86. The van der Waals surface area contributed by atoms with Crippen LogP contribution in [0.5, 0.6) is 0 Å². The zero-order valence-corrected chi connectivity index (χ0v) is 11.2. The maximum absolute atomic E-state index is 12.3. The van der Waals surface area contributed by atoms with Crippen molar-refractivity contribution in [3.63, 3.8) is 0 Å². The number of rotatable bonds is 2. The Labute approximate surface area is 114 Å². The van der Waals surface area contributed by atoms with Gasteiger partial charge in [-0.1, -0.05) is 23.7 Å². The van der Waals surface area contributed by atoms with E-state index in [2.05, 4.69) is 0 Å². The molecule has 0 unspecified atom stereocenters. The predicted molar refractivity (Wildman–Crippen MR) is 74.7 cm³/mol. The second kappa shape index (κ2) is 4.81. The number of aliphatic carboxylic acids is 1. The molecule has 1 aromatic heterocycles. The van der Waals surface area contributed by atoms with E-state index >= 15 is 0 Å². The Morgan fingerprint density at radius 2 is 1.89 bits per heavy atom. The summed E-state index contributed by atoms with van der Waals surface area (Å²) in [6, 6.07) is 7.79. The minimum absolute atomic E-state index is 0.0689. The van der Waals surface area contributed by atoms with Gasteiger partial charge < -0.3 is 5.11 Å². The van der Waals surface area contributed by atoms with Gasteiger partial charge in [0.05, 0.1) is 16.0 Å². The van der Waals surface area contributed by atoms with Crippen molar-refractivity contribution in [1.29, 1.82) is 0 Å². The molecule has 0 atom stereocenters. The summed E-state index contributed by atoms with van der Waals surface area (Å²) in [5.74, 6) is -0.941. The monoisotopic (exact) mass is 277 g/mol. The Hall–Kier alpha value is -1.62. The van der Waals surface area contributed by atoms with Gasteiger partial charge in [-0.2, -0.15) is 0 Å². The number of carboxylic acid groups (broad SMARTS) is 1. The summed E-state index contributed by atoms with van der Waals surface area (Å²) < 4.78 is 2.84. The topological polar surface area (TPSA) is 59.3 Å². The molecular weight excluding hydrogens is 262 g/mol. The first-order valence-electron chi connectivity index (χ1n) is 6.50. The lowest BCUT2D eigenvalue weighted by molar-refractivity contribution is -0.143. The van der Waals surface area contributed by atoms with Crippen LogP contribution in [0, 0.1) is 5.92 Å². The molecular formula is C14H15NO3S. The van der Waals surface area contributed by atoms with Crippen molar-refractivity contribution in [2.45, 2.75) is 31.7 Å². The molecule has 1 fully saturated rings. The summed E-state index contributed by atoms with van der Waals surface area (Å²) >= 11 is 1.50. The van der Waals surface area contributed by atoms with E-state index in [1.54, 1.807) is 0 Å². The highest BCUT2D eigenvalue weighted by Gasteiger charge is 2.28. The van der Waals surface area contributed by atoms with Crippen molar-refractivity contribution in [3.8, 4) is 0 Å². The van der Waals surface area contributed by atoms with Crippen molar-refractivity contribution in [2.75, 3.05) is 0 Å². The average Bonchev–Trinajstić information content (AvgIpc) is 2.77. The molecule has 3 rings (SSSR count). The van der Waals surface area contributed by atoms with Gasteiger partial charge in [-0.3, -0.25) is 13.5 Å².